The molecule has 1 aliphatic rings. The van der Waals surface area contributed by atoms with Crippen LogP contribution in [0.1, 0.15) is 45.9 Å². The van der Waals surface area contributed by atoms with E-state index < -0.39 is 0 Å². The van der Waals surface area contributed by atoms with Crippen molar-refractivity contribution >= 4 is 5.91 Å². The monoisotopic (exact) mass is 250 g/mol. The number of carbonyl (C=O) groups is 1. The Labute approximate surface area is 108 Å². The molecule has 1 aromatic heterocycles. The molecule has 2 N–H and O–H groups in total. The van der Waals surface area contributed by atoms with Crippen molar-refractivity contribution in [2.75, 3.05) is 0 Å². The van der Waals surface area contributed by atoms with Gasteiger partial charge >= 0.3 is 0 Å². The first-order valence-electron chi connectivity index (χ1n) is 6.45. The third-order valence-corrected chi connectivity index (χ3v) is 3.44. The quantitative estimate of drug-likeness (QED) is 0.860. The summed E-state index contributed by atoms with van der Waals surface area (Å²) in [5, 5.41) is 4.28. The molecule has 2 rings (SSSR count). The summed E-state index contributed by atoms with van der Waals surface area (Å²) in [5.74, 6) is 0.129. The molecule has 5 nitrogen and oxygen atoms in total. The Morgan fingerprint density at radius 2 is 2.17 bits per heavy atom. The van der Waals surface area contributed by atoms with Gasteiger partial charge in [0.2, 0.25) is 5.91 Å². The highest BCUT2D eigenvalue weighted by Gasteiger charge is 2.45. The molecule has 1 fully saturated rings. The van der Waals surface area contributed by atoms with E-state index in [-0.39, 0.29) is 23.5 Å². The number of carbonyl (C=O) groups excluding carboxylic acids is 1. The molecule has 18 heavy (non-hydrogen) atoms. The Morgan fingerprint density at radius 1 is 1.50 bits per heavy atom. The maximum atomic E-state index is 12.2. The highest BCUT2D eigenvalue weighted by Crippen LogP contribution is 2.37. The molecule has 0 aromatic carbocycles. The molecule has 1 amide bonds. The third kappa shape index (κ3) is 2.03. The number of nitrogens with zero attached hydrogens (tertiary/aromatic N) is 3. The minimum Gasteiger partial charge on any atom is -0.328 e. The Balaban J connectivity index is 2.43. The Kier molecular flexibility index (Phi) is 3.19. The van der Waals surface area contributed by atoms with Crippen molar-refractivity contribution in [2.24, 2.45) is 5.73 Å². The van der Waals surface area contributed by atoms with Crippen LogP contribution in [0.25, 0.3) is 0 Å². The van der Waals surface area contributed by atoms with E-state index in [0.29, 0.717) is 6.42 Å². The summed E-state index contributed by atoms with van der Waals surface area (Å²) in [5.41, 5.74) is 6.98. The van der Waals surface area contributed by atoms with Crippen LogP contribution in [0.3, 0.4) is 0 Å². The molecule has 1 aromatic rings. The topological polar surface area (TPSA) is 64.2 Å². The van der Waals surface area contributed by atoms with Crippen LogP contribution < -0.4 is 5.73 Å². The van der Waals surface area contributed by atoms with E-state index in [0.717, 1.165) is 12.2 Å². The van der Waals surface area contributed by atoms with Crippen molar-refractivity contribution in [3.8, 4) is 0 Å². The molecular weight excluding hydrogens is 228 g/mol. The standard InChI is InChI=1S/C13H22N4O/c1-5-16-10(6-7-15-16)12-9(14)8-11(18)17(12)13(2,3)4/h6-7,9,12H,5,8,14H2,1-4H3. The minimum absolute atomic E-state index is 0.0695. The van der Waals surface area contributed by atoms with Gasteiger partial charge in [0.25, 0.3) is 0 Å². The van der Waals surface area contributed by atoms with Crippen molar-refractivity contribution in [1.29, 1.82) is 0 Å². The fourth-order valence-electron chi connectivity index (χ4n) is 2.76. The zero-order chi connectivity index (χ0) is 13.5. The minimum atomic E-state index is -0.224. The zero-order valence-corrected chi connectivity index (χ0v) is 11.6. The smallest absolute Gasteiger partial charge is 0.225 e. The normalized spacial score (nSPS) is 24.9. The van der Waals surface area contributed by atoms with Crippen LogP contribution in [0.2, 0.25) is 0 Å². The first kappa shape index (κ1) is 13.1. The molecule has 2 unspecified atom stereocenters. The molecular formula is C13H22N4O. The number of amides is 1. The van der Waals surface area contributed by atoms with E-state index in [1.54, 1.807) is 6.20 Å². The van der Waals surface area contributed by atoms with Crippen LogP contribution in [-0.2, 0) is 11.3 Å². The molecule has 0 aliphatic carbocycles. The van der Waals surface area contributed by atoms with Crippen molar-refractivity contribution in [1.82, 2.24) is 14.7 Å². The van der Waals surface area contributed by atoms with Gasteiger partial charge in [-0.25, -0.2) is 0 Å². The number of aryl methyl sites for hydroxylation is 1. The summed E-state index contributed by atoms with van der Waals surface area (Å²) >= 11 is 0. The van der Waals surface area contributed by atoms with Crippen LogP contribution in [0.4, 0.5) is 0 Å². The molecule has 1 saturated heterocycles. The Hall–Kier alpha value is -1.36. The van der Waals surface area contributed by atoms with Gasteiger partial charge in [0, 0.05) is 30.7 Å². The molecule has 0 saturated carbocycles. The summed E-state index contributed by atoms with van der Waals surface area (Å²) in [7, 11) is 0. The lowest BCUT2D eigenvalue weighted by Gasteiger charge is -2.38. The van der Waals surface area contributed by atoms with E-state index in [4.69, 9.17) is 5.73 Å². The first-order chi connectivity index (χ1) is 8.36. The summed E-state index contributed by atoms with van der Waals surface area (Å²) < 4.78 is 1.92. The van der Waals surface area contributed by atoms with Crippen molar-refractivity contribution in [3.63, 3.8) is 0 Å². The van der Waals surface area contributed by atoms with Gasteiger partial charge < -0.3 is 10.6 Å². The lowest BCUT2D eigenvalue weighted by atomic mass is 10.0. The van der Waals surface area contributed by atoms with Gasteiger partial charge in [-0.1, -0.05) is 0 Å². The van der Waals surface area contributed by atoms with Crippen LogP contribution >= 0.6 is 0 Å². The molecule has 0 bridgehead atoms. The lowest BCUT2D eigenvalue weighted by Crippen LogP contribution is -2.46. The average Bonchev–Trinajstić information content (AvgIpc) is 2.80. The fraction of sp³-hybridized carbons (Fsp3) is 0.692. The van der Waals surface area contributed by atoms with Gasteiger partial charge in [0.05, 0.1) is 11.7 Å². The van der Waals surface area contributed by atoms with Gasteiger partial charge in [-0.2, -0.15) is 5.10 Å². The summed E-state index contributed by atoms with van der Waals surface area (Å²) in [4.78, 5) is 14.1. The van der Waals surface area contributed by atoms with Crippen LogP contribution in [0, 0.1) is 0 Å². The van der Waals surface area contributed by atoms with Crippen molar-refractivity contribution in [2.45, 2.75) is 58.3 Å². The summed E-state index contributed by atoms with van der Waals surface area (Å²) in [6.07, 6.45) is 2.19. The maximum absolute atomic E-state index is 12.2. The number of aromatic nitrogens is 2. The Bertz CT molecular complexity index is 446. The molecule has 5 heteroatoms. The van der Waals surface area contributed by atoms with E-state index in [9.17, 15) is 4.79 Å². The second kappa shape index (κ2) is 4.39. The molecule has 100 valence electrons. The molecule has 0 spiro atoms. The van der Waals surface area contributed by atoms with Crippen molar-refractivity contribution < 1.29 is 4.79 Å². The van der Waals surface area contributed by atoms with Gasteiger partial charge in [-0.05, 0) is 33.8 Å². The average molecular weight is 250 g/mol. The second-order valence-corrected chi connectivity index (χ2v) is 5.82. The van der Waals surface area contributed by atoms with Gasteiger partial charge in [-0.3, -0.25) is 9.48 Å². The molecule has 1 aliphatic heterocycles. The molecule has 0 radical (unpaired) electrons. The van der Waals surface area contributed by atoms with Gasteiger partial charge in [0.1, 0.15) is 0 Å². The van der Waals surface area contributed by atoms with Crippen LogP contribution in [-0.4, -0.2) is 32.2 Å². The highest BCUT2D eigenvalue weighted by molar-refractivity contribution is 5.81. The van der Waals surface area contributed by atoms with E-state index >= 15 is 0 Å². The lowest BCUT2D eigenvalue weighted by molar-refractivity contribution is -0.133. The Morgan fingerprint density at radius 3 is 2.72 bits per heavy atom. The van der Waals surface area contributed by atoms with Crippen molar-refractivity contribution in [3.05, 3.63) is 18.0 Å². The van der Waals surface area contributed by atoms with Gasteiger partial charge in [0.15, 0.2) is 0 Å². The fourth-order valence-corrected chi connectivity index (χ4v) is 2.76. The summed E-state index contributed by atoms with van der Waals surface area (Å²) in [6, 6.07) is 1.74. The first-order valence-corrected chi connectivity index (χ1v) is 6.45. The van der Waals surface area contributed by atoms with Crippen LogP contribution in [0.5, 0.6) is 0 Å². The zero-order valence-electron chi connectivity index (χ0n) is 11.6. The van der Waals surface area contributed by atoms with E-state index in [1.165, 1.54) is 0 Å². The van der Waals surface area contributed by atoms with E-state index in [2.05, 4.69) is 5.10 Å². The maximum Gasteiger partial charge on any atom is 0.225 e. The highest BCUT2D eigenvalue weighted by atomic mass is 16.2. The molecule has 2 heterocycles. The number of nitrogens with two attached hydrogens (primary N) is 1. The SMILES string of the molecule is CCn1nccc1C1C(N)CC(=O)N1C(C)(C)C. The predicted octanol–water partition coefficient (Wildman–Crippen LogP) is 1.30. The number of hydrogen-bond acceptors (Lipinski definition) is 3. The largest absolute Gasteiger partial charge is 0.328 e. The predicted molar refractivity (Wildman–Crippen MR) is 69.8 cm³/mol. The molecule has 2 atom stereocenters. The van der Waals surface area contributed by atoms with Crippen LogP contribution in [0.15, 0.2) is 12.3 Å². The third-order valence-electron chi connectivity index (χ3n) is 3.44. The second-order valence-electron chi connectivity index (χ2n) is 5.82. The number of likely N-dealkylation sites (tertiary alicyclic amines) is 1. The number of hydrogen-bond donors (Lipinski definition) is 1. The number of rotatable bonds is 2. The van der Waals surface area contributed by atoms with E-state index in [1.807, 2.05) is 43.3 Å². The van der Waals surface area contributed by atoms with Gasteiger partial charge in [-0.15, -0.1) is 0 Å². The summed E-state index contributed by atoms with van der Waals surface area (Å²) in [6.45, 7) is 8.96.